The molecular formula is C21H20F3NO3. The number of benzene rings is 2. The van der Waals surface area contributed by atoms with Gasteiger partial charge in [0.25, 0.3) is 5.91 Å². The molecule has 2 atom stereocenters. The second kappa shape index (κ2) is 8.04. The van der Waals surface area contributed by atoms with Crippen molar-refractivity contribution in [2.75, 3.05) is 0 Å². The molecule has 4 nitrogen and oxygen atoms in total. The number of hydrogen-bond donors (Lipinski definition) is 1. The van der Waals surface area contributed by atoms with Gasteiger partial charge in [0.1, 0.15) is 0 Å². The molecule has 0 spiro atoms. The molecule has 2 aromatic rings. The van der Waals surface area contributed by atoms with Crippen LogP contribution in [0.2, 0.25) is 0 Å². The molecule has 0 saturated heterocycles. The fourth-order valence-corrected chi connectivity index (χ4v) is 3.27. The van der Waals surface area contributed by atoms with Crippen molar-refractivity contribution in [3.8, 4) is 0 Å². The Morgan fingerprint density at radius 1 is 1.11 bits per heavy atom. The van der Waals surface area contributed by atoms with Crippen molar-refractivity contribution >= 4 is 11.9 Å². The van der Waals surface area contributed by atoms with Crippen LogP contribution >= 0.6 is 0 Å². The minimum atomic E-state index is -4.48. The molecule has 1 N–H and O–H groups in total. The summed E-state index contributed by atoms with van der Waals surface area (Å²) >= 11 is 0. The third-order valence-electron chi connectivity index (χ3n) is 4.79. The lowest BCUT2D eigenvalue weighted by molar-refractivity contribution is -0.137. The average Bonchev–Trinajstić information content (AvgIpc) is 2.67. The highest BCUT2D eigenvalue weighted by Gasteiger charge is 2.30. The van der Waals surface area contributed by atoms with E-state index in [1.165, 1.54) is 12.5 Å². The fraction of sp³-hybridized carbons (Fsp3) is 0.333. The molecule has 2 aromatic carbocycles. The molecule has 0 unspecified atom stereocenters. The SMILES string of the molecule is C[C@@H](OC(=O)c1ccc(C(F)(F)F)cc1)C(=O)N[C@@H]1CCCc2ccccc21. The van der Waals surface area contributed by atoms with Crippen molar-refractivity contribution in [2.45, 2.75) is 44.5 Å². The van der Waals surface area contributed by atoms with Crippen LogP contribution in [0.5, 0.6) is 0 Å². The maximum absolute atomic E-state index is 12.6. The largest absolute Gasteiger partial charge is 0.449 e. The van der Waals surface area contributed by atoms with Gasteiger partial charge in [-0.05, 0) is 61.6 Å². The van der Waals surface area contributed by atoms with Gasteiger partial charge in [0.15, 0.2) is 6.10 Å². The molecule has 0 aliphatic heterocycles. The molecule has 1 aliphatic rings. The van der Waals surface area contributed by atoms with Crippen molar-refractivity contribution in [3.05, 3.63) is 70.8 Å². The summed E-state index contributed by atoms with van der Waals surface area (Å²) in [4.78, 5) is 24.6. The molecule has 1 amide bonds. The Balaban J connectivity index is 1.61. The molecule has 7 heteroatoms. The normalized spacial score (nSPS) is 17.4. The van der Waals surface area contributed by atoms with E-state index in [4.69, 9.17) is 4.74 Å². The molecule has 0 bridgehead atoms. The van der Waals surface area contributed by atoms with E-state index in [-0.39, 0.29) is 11.6 Å². The molecule has 0 saturated carbocycles. The Hall–Kier alpha value is -2.83. The number of ether oxygens (including phenoxy) is 1. The van der Waals surface area contributed by atoms with Gasteiger partial charge in [-0.25, -0.2) is 4.79 Å². The van der Waals surface area contributed by atoms with Crippen LogP contribution in [0, 0.1) is 0 Å². The smallest absolute Gasteiger partial charge is 0.416 e. The summed E-state index contributed by atoms with van der Waals surface area (Å²) in [7, 11) is 0. The summed E-state index contributed by atoms with van der Waals surface area (Å²) in [6.45, 7) is 1.44. The van der Waals surface area contributed by atoms with Gasteiger partial charge in [0, 0.05) is 0 Å². The minimum Gasteiger partial charge on any atom is -0.449 e. The highest BCUT2D eigenvalue weighted by atomic mass is 19.4. The number of hydrogen-bond acceptors (Lipinski definition) is 3. The summed E-state index contributed by atoms with van der Waals surface area (Å²) in [5, 5.41) is 2.90. The molecule has 0 fully saturated rings. The number of aryl methyl sites for hydroxylation is 1. The van der Waals surface area contributed by atoms with Crippen LogP contribution in [0.15, 0.2) is 48.5 Å². The Kier molecular flexibility index (Phi) is 5.72. The maximum Gasteiger partial charge on any atom is 0.416 e. The minimum absolute atomic E-state index is 0.0457. The van der Waals surface area contributed by atoms with Gasteiger partial charge in [-0.15, -0.1) is 0 Å². The number of alkyl halides is 3. The van der Waals surface area contributed by atoms with E-state index >= 15 is 0 Å². The molecule has 0 aromatic heterocycles. The van der Waals surface area contributed by atoms with Gasteiger partial charge < -0.3 is 10.1 Å². The van der Waals surface area contributed by atoms with Crippen molar-refractivity contribution in [2.24, 2.45) is 0 Å². The maximum atomic E-state index is 12.6. The molecule has 0 heterocycles. The van der Waals surface area contributed by atoms with Gasteiger partial charge in [0.05, 0.1) is 17.2 Å². The second-order valence-corrected chi connectivity index (χ2v) is 6.77. The lowest BCUT2D eigenvalue weighted by Crippen LogP contribution is -2.39. The van der Waals surface area contributed by atoms with E-state index in [2.05, 4.69) is 5.32 Å². The van der Waals surface area contributed by atoms with Crippen LogP contribution < -0.4 is 5.32 Å². The molecule has 3 rings (SSSR count). The predicted octanol–water partition coefficient (Wildman–Crippen LogP) is 4.44. The first-order valence-corrected chi connectivity index (χ1v) is 9.02. The van der Waals surface area contributed by atoms with Gasteiger partial charge in [-0.3, -0.25) is 4.79 Å². The van der Waals surface area contributed by atoms with E-state index in [1.807, 2.05) is 24.3 Å². The summed E-state index contributed by atoms with van der Waals surface area (Å²) in [5.41, 5.74) is 1.35. The van der Waals surface area contributed by atoms with Gasteiger partial charge in [-0.1, -0.05) is 24.3 Å². The van der Waals surface area contributed by atoms with Crippen LogP contribution in [0.1, 0.15) is 52.9 Å². The zero-order valence-corrected chi connectivity index (χ0v) is 15.3. The Morgan fingerprint density at radius 2 is 1.79 bits per heavy atom. The number of nitrogens with one attached hydrogen (secondary N) is 1. The van der Waals surface area contributed by atoms with Crippen molar-refractivity contribution in [1.82, 2.24) is 5.32 Å². The zero-order chi connectivity index (χ0) is 20.3. The first kappa shape index (κ1) is 19.9. The third kappa shape index (κ3) is 4.52. The number of esters is 1. The lowest BCUT2D eigenvalue weighted by atomic mass is 9.87. The van der Waals surface area contributed by atoms with Crippen molar-refractivity contribution in [1.29, 1.82) is 0 Å². The summed E-state index contributed by atoms with van der Waals surface area (Å²) in [6, 6.07) is 11.4. The fourth-order valence-electron chi connectivity index (χ4n) is 3.27. The number of carbonyl (C=O) groups is 2. The Morgan fingerprint density at radius 3 is 2.46 bits per heavy atom. The first-order valence-electron chi connectivity index (χ1n) is 9.02. The van der Waals surface area contributed by atoms with E-state index in [1.54, 1.807) is 0 Å². The highest BCUT2D eigenvalue weighted by molar-refractivity contribution is 5.92. The summed E-state index contributed by atoms with van der Waals surface area (Å²) in [6.07, 6.45) is -2.85. The average molecular weight is 391 g/mol. The molecule has 0 radical (unpaired) electrons. The first-order chi connectivity index (χ1) is 13.3. The Bertz CT molecular complexity index is 862. The van der Waals surface area contributed by atoms with E-state index in [9.17, 15) is 22.8 Å². The number of fused-ring (bicyclic) bond motifs is 1. The zero-order valence-electron chi connectivity index (χ0n) is 15.3. The predicted molar refractivity (Wildman–Crippen MR) is 96.6 cm³/mol. The topological polar surface area (TPSA) is 55.4 Å². The second-order valence-electron chi connectivity index (χ2n) is 6.77. The van der Waals surface area contributed by atoms with Crippen LogP contribution in [0.3, 0.4) is 0 Å². The standard InChI is InChI=1S/C21H20F3NO3/c1-13(28-20(27)15-9-11-16(12-10-15)21(22,23)24)19(26)25-18-8-4-6-14-5-2-3-7-17(14)18/h2-3,5,7,9-13,18H,4,6,8H2,1H3,(H,25,26)/t13-,18-/m1/s1. The molecular weight excluding hydrogens is 371 g/mol. The van der Waals surface area contributed by atoms with Gasteiger partial charge >= 0.3 is 12.1 Å². The van der Waals surface area contributed by atoms with Crippen LogP contribution in [-0.2, 0) is 22.1 Å². The summed E-state index contributed by atoms with van der Waals surface area (Å²) in [5.74, 6) is -1.29. The number of carbonyl (C=O) groups excluding carboxylic acids is 2. The monoisotopic (exact) mass is 391 g/mol. The van der Waals surface area contributed by atoms with E-state index in [0.29, 0.717) is 0 Å². The van der Waals surface area contributed by atoms with Crippen LogP contribution in [0.25, 0.3) is 0 Å². The van der Waals surface area contributed by atoms with E-state index < -0.39 is 29.7 Å². The van der Waals surface area contributed by atoms with Crippen LogP contribution in [0.4, 0.5) is 13.2 Å². The van der Waals surface area contributed by atoms with Gasteiger partial charge in [-0.2, -0.15) is 13.2 Å². The lowest BCUT2D eigenvalue weighted by Gasteiger charge is -2.27. The number of amides is 1. The quantitative estimate of drug-likeness (QED) is 0.784. The summed E-state index contributed by atoms with van der Waals surface area (Å²) < 4.78 is 42.9. The third-order valence-corrected chi connectivity index (χ3v) is 4.79. The van der Waals surface area contributed by atoms with Crippen molar-refractivity contribution < 1.29 is 27.5 Å². The number of rotatable bonds is 4. The molecule has 28 heavy (non-hydrogen) atoms. The highest BCUT2D eigenvalue weighted by Crippen LogP contribution is 2.30. The molecule has 148 valence electrons. The van der Waals surface area contributed by atoms with E-state index in [0.717, 1.165) is 49.1 Å². The molecule has 1 aliphatic carbocycles. The van der Waals surface area contributed by atoms with Crippen molar-refractivity contribution in [3.63, 3.8) is 0 Å². The van der Waals surface area contributed by atoms with Gasteiger partial charge in [0.2, 0.25) is 0 Å². The number of halogens is 3. The van der Waals surface area contributed by atoms with Crippen LogP contribution in [-0.4, -0.2) is 18.0 Å². The Labute approximate surface area is 160 Å².